The van der Waals surface area contributed by atoms with Crippen molar-refractivity contribution in [2.45, 2.75) is 373 Å². The number of carbonyl (C=O) groups is 2. The van der Waals surface area contributed by atoms with Crippen LogP contribution in [0.15, 0.2) is 24.3 Å². The first kappa shape index (κ1) is 70.3. The monoisotopic (exact) mass is 1010 g/mol. The number of hydrogen-bond acceptors (Lipinski definition) is 5. The number of hydrogen-bond donors (Lipinski definition) is 3. The van der Waals surface area contributed by atoms with Crippen LogP contribution in [0.5, 0.6) is 0 Å². The van der Waals surface area contributed by atoms with Gasteiger partial charge < -0.3 is 20.3 Å². The van der Waals surface area contributed by atoms with Gasteiger partial charge in [-0.25, -0.2) is 0 Å². The molecule has 426 valence electrons. The summed E-state index contributed by atoms with van der Waals surface area (Å²) in [6.07, 6.45) is 76.3. The Labute approximate surface area is 450 Å². The zero-order chi connectivity index (χ0) is 52.2. The van der Waals surface area contributed by atoms with Crippen LogP contribution >= 0.6 is 0 Å². The van der Waals surface area contributed by atoms with E-state index < -0.39 is 12.1 Å². The molecular weight excluding hydrogens is 887 g/mol. The van der Waals surface area contributed by atoms with E-state index in [1.54, 1.807) is 0 Å². The Balaban J connectivity index is 3.46. The van der Waals surface area contributed by atoms with Crippen molar-refractivity contribution in [2.75, 3.05) is 13.2 Å². The highest BCUT2D eigenvalue weighted by Crippen LogP contribution is 2.18. The van der Waals surface area contributed by atoms with Crippen LogP contribution in [0.3, 0.4) is 0 Å². The molecule has 0 saturated heterocycles. The molecule has 0 aliphatic heterocycles. The van der Waals surface area contributed by atoms with E-state index in [4.69, 9.17) is 4.74 Å². The molecule has 0 aromatic carbocycles. The Kier molecular flexibility index (Phi) is 60.5. The van der Waals surface area contributed by atoms with Crippen LogP contribution in [-0.2, 0) is 14.3 Å². The fourth-order valence-corrected chi connectivity index (χ4v) is 10.3. The second kappa shape index (κ2) is 61.9. The second-order valence-corrected chi connectivity index (χ2v) is 22.5. The van der Waals surface area contributed by atoms with Crippen molar-refractivity contribution in [2.24, 2.45) is 0 Å². The summed E-state index contributed by atoms with van der Waals surface area (Å²) in [6.45, 7) is 4.94. The molecule has 0 radical (unpaired) electrons. The zero-order valence-corrected chi connectivity index (χ0v) is 48.7. The molecule has 1 amide bonds. The van der Waals surface area contributed by atoms with Crippen LogP contribution in [0.25, 0.3) is 0 Å². The van der Waals surface area contributed by atoms with Crippen molar-refractivity contribution >= 4 is 11.9 Å². The van der Waals surface area contributed by atoms with Crippen molar-refractivity contribution in [3.05, 3.63) is 24.3 Å². The minimum Gasteiger partial charge on any atom is -0.466 e. The predicted molar refractivity (Wildman–Crippen MR) is 315 cm³/mol. The summed E-state index contributed by atoms with van der Waals surface area (Å²) in [5.41, 5.74) is 0. The van der Waals surface area contributed by atoms with Gasteiger partial charge in [-0.1, -0.05) is 314 Å². The van der Waals surface area contributed by atoms with Gasteiger partial charge in [-0.05, 0) is 57.8 Å². The smallest absolute Gasteiger partial charge is 0.305 e. The van der Waals surface area contributed by atoms with E-state index in [1.165, 1.54) is 257 Å². The largest absolute Gasteiger partial charge is 0.466 e. The Hall–Kier alpha value is -1.66. The number of allylic oxidation sites excluding steroid dienone is 4. The number of rotatable bonds is 61. The fourth-order valence-electron chi connectivity index (χ4n) is 10.3. The van der Waals surface area contributed by atoms with E-state index in [1.807, 2.05) is 0 Å². The summed E-state index contributed by atoms with van der Waals surface area (Å²) in [7, 11) is 0. The van der Waals surface area contributed by atoms with Gasteiger partial charge in [0.25, 0.3) is 0 Å². The Morgan fingerprint density at radius 2 is 0.681 bits per heavy atom. The topological polar surface area (TPSA) is 95.9 Å². The van der Waals surface area contributed by atoms with Gasteiger partial charge in [-0.15, -0.1) is 0 Å². The molecule has 6 heteroatoms. The average Bonchev–Trinajstić information content (AvgIpc) is 3.38. The molecule has 0 bridgehead atoms. The molecular formula is C66H127NO5. The lowest BCUT2D eigenvalue weighted by atomic mass is 10.0. The summed E-state index contributed by atoms with van der Waals surface area (Å²) in [4.78, 5) is 24.5. The van der Waals surface area contributed by atoms with Gasteiger partial charge in [0.15, 0.2) is 0 Å². The number of carbonyl (C=O) groups excluding carboxylic acids is 2. The molecule has 0 aromatic rings. The maximum atomic E-state index is 12.5. The highest BCUT2D eigenvalue weighted by molar-refractivity contribution is 5.76. The van der Waals surface area contributed by atoms with Crippen LogP contribution in [0, 0.1) is 0 Å². The lowest BCUT2D eigenvalue weighted by Crippen LogP contribution is -2.45. The summed E-state index contributed by atoms with van der Waals surface area (Å²) in [6, 6.07) is -0.550. The quantitative estimate of drug-likeness (QED) is 0.0320. The fraction of sp³-hybridized carbons (Fsp3) is 0.909. The van der Waals surface area contributed by atoms with Crippen LogP contribution in [0.2, 0.25) is 0 Å². The maximum Gasteiger partial charge on any atom is 0.305 e. The third-order valence-electron chi connectivity index (χ3n) is 15.3. The summed E-state index contributed by atoms with van der Waals surface area (Å²) >= 11 is 0. The van der Waals surface area contributed by atoms with E-state index >= 15 is 0 Å². The zero-order valence-electron chi connectivity index (χ0n) is 48.7. The summed E-state index contributed by atoms with van der Waals surface area (Å²) < 4.78 is 5.45. The number of aliphatic hydroxyl groups excluding tert-OH is 2. The third kappa shape index (κ3) is 57.6. The number of aliphatic hydroxyl groups is 2. The molecule has 0 aliphatic carbocycles. The van der Waals surface area contributed by atoms with Gasteiger partial charge in [0.2, 0.25) is 5.91 Å². The summed E-state index contributed by atoms with van der Waals surface area (Å²) in [5.74, 6) is -0.0526. The molecule has 0 saturated carbocycles. The lowest BCUT2D eigenvalue weighted by molar-refractivity contribution is -0.143. The molecule has 0 spiro atoms. The number of nitrogens with one attached hydrogen (secondary N) is 1. The van der Waals surface area contributed by atoms with Gasteiger partial charge in [0.1, 0.15) is 0 Å². The van der Waals surface area contributed by atoms with Crippen LogP contribution < -0.4 is 5.32 Å². The number of esters is 1. The number of unbranched alkanes of at least 4 members (excludes halogenated alkanes) is 47. The van der Waals surface area contributed by atoms with Crippen molar-refractivity contribution < 1.29 is 24.5 Å². The van der Waals surface area contributed by atoms with Gasteiger partial charge in [-0.3, -0.25) is 9.59 Å². The van der Waals surface area contributed by atoms with Crippen LogP contribution in [0.1, 0.15) is 361 Å². The standard InChI is InChI=1S/C66H127NO5/c1-3-5-7-9-11-13-15-17-18-19-20-21-22-23-24-26-29-32-35-38-42-46-50-54-58-64(69)63(62-68)67-65(70)59-55-51-47-43-39-36-33-30-27-25-28-31-34-37-41-45-49-53-57-61-72-66(71)60-56-52-48-44-40-16-14-12-10-8-6-4-2/h31,34,37,41,63-64,68-69H,3-30,32-33,35-36,38-40,42-62H2,1-2H3,(H,67,70)/b34-31-,41-37-. The minimum absolute atomic E-state index is 0.0118. The summed E-state index contributed by atoms with van der Waals surface area (Å²) in [5, 5.41) is 23.4. The first-order valence-electron chi connectivity index (χ1n) is 32.6. The first-order valence-corrected chi connectivity index (χ1v) is 32.6. The Morgan fingerprint density at radius 1 is 0.389 bits per heavy atom. The molecule has 2 atom stereocenters. The number of amides is 1. The van der Waals surface area contributed by atoms with Gasteiger partial charge in [-0.2, -0.15) is 0 Å². The Morgan fingerprint density at radius 3 is 1.03 bits per heavy atom. The average molecular weight is 1010 g/mol. The predicted octanol–water partition coefficient (Wildman–Crippen LogP) is 20.6. The third-order valence-corrected chi connectivity index (χ3v) is 15.3. The molecule has 3 N–H and O–H groups in total. The maximum absolute atomic E-state index is 12.5. The molecule has 0 fully saturated rings. The van der Waals surface area contributed by atoms with E-state index in [-0.39, 0.29) is 18.5 Å². The normalized spacial score (nSPS) is 12.7. The number of ether oxygens (including phenoxy) is 1. The molecule has 6 nitrogen and oxygen atoms in total. The van der Waals surface area contributed by atoms with E-state index in [0.717, 1.165) is 70.6 Å². The van der Waals surface area contributed by atoms with E-state index in [0.29, 0.717) is 25.9 Å². The highest BCUT2D eigenvalue weighted by Gasteiger charge is 2.20. The molecule has 0 rings (SSSR count). The van der Waals surface area contributed by atoms with Crippen molar-refractivity contribution in [3.8, 4) is 0 Å². The second-order valence-electron chi connectivity index (χ2n) is 22.5. The van der Waals surface area contributed by atoms with Crippen molar-refractivity contribution in [1.82, 2.24) is 5.32 Å². The van der Waals surface area contributed by atoms with Crippen LogP contribution in [-0.4, -0.2) is 47.4 Å². The van der Waals surface area contributed by atoms with E-state index in [2.05, 4.69) is 43.5 Å². The van der Waals surface area contributed by atoms with Crippen LogP contribution in [0.4, 0.5) is 0 Å². The molecule has 0 aromatic heterocycles. The molecule has 2 unspecified atom stereocenters. The molecule has 72 heavy (non-hydrogen) atoms. The van der Waals surface area contributed by atoms with Crippen molar-refractivity contribution in [3.63, 3.8) is 0 Å². The molecule has 0 aliphatic rings. The minimum atomic E-state index is -0.672. The first-order chi connectivity index (χ1) is 35.5. The SMILES string of the molecule is CCCCCCCCCCCCCCCCCCCCCCCCCCC(O)C(CO)NC(=O)CCCCCCCCCCCC/C=C\C=C/CCCCCOC(=O)CCCCCCCCCCCCCC. The van der Waals surface area contributed by atoms with Gasteiger partial charge in [0, 0.05) is 12.8 Å². The van der Waals surface area contributed by atoms with Crippen molar-refractivity contribution in [1.29, 1.82) is 0 Å². The lowest BCUT2D eigenvalue weighted by Gasteiger charge is -2.22. The van der Waals surface area contributed by atoms with Gasteiger partial charge >= 0.3 is 5.97 Å². The highest BCUT2D eigenvalue weighted by atomic mass is 16.5. The Bertz CT molecular complexity index is 1120. The van der Waals surface area contributed by atoms with Gasteiger partial charge in [0.05, 0.1) is 25.4 Å². The molecule has 0 heterocycles. The van der Waals surface area contributed by atoms with E-state index in [9.17, 15) is 19.8 Å².